The first-order chi connectivity index (χ1) is 9.04. The summed E-state index contributed by atoms with van der Waals surface area (Å²) in [7, 11) is 1.68. The molecule has 0 aliphatic carbocycles. The third-order valence-corrected chi connectivity index (χ3v) is 4.07. The molecule has 0 radical (unpaired) electrons. The van der Waals surface area contributed by atoms with Crippen LogP contribution in [0.1, 0.15) is 38.3 Å². The predicted octanol–water partition coefficient (Wildman–Crippen LogP) is 3.78. The largest absolute Gasteiger partial charge is 0.496 e. The minimum absolute atomic E-state index is 0.0405. The highest BCUT2D eigenvalue weighted by Gasteiger charge is 2.32. The molecule has 1 saturated heterocycles. The maximum absolute atomic E-state index is 12.3. The molecule has 1 aliphatic heterocycles. The Hall–Kier alpha value is -1.03. The Bertz CT molecular complexity index is 473. The van der Waals surface area contributed by atoms with Crippen molar-refractivity contribution in [1.82, 2.24) is 4.90 Å². The normalized spacial score (nSPS) is 19.0. The van der Waals surface area contributed by atoms with E-state index in [0.29, 0.717) is 0 Å². The summed E-state index contributed by atoms with van der Waals surface area (Å²) in [5.74, 6) is 1.12. The number of carbonyl (C=O) groups is 1. The number of ether oxygens (including phenoxy) is 1. The fourth-order valence-electron chi connectivity index (χ4n) is 2.65. The molecule has 1 amide bonds. The van der Waals surface area contributed by atoms with Gasteiger partial charge in [-0.05, 0) is 31.0 Å². The first-order valence-electron chi connectivity index (χ1n) is 6.68. The lowest BCUT2D eigenvalue weighted by Crippen LogP contribution is -2.33. The number of likely N-dealkylation sites (tertiary alicyclic amines) is 1. The van der Waals surface area contributed by atoms with E-state index in [0.717, 1.165) is 35.2 Å². The van der Waals surface area contributed by atoms with Crippen LogP contribution in [0.2, 0.25) is 0 Å². The van der Waals surface area contributed by atoms with Gasteiger partial charge in [0.05, 0.1) is 13.2 Å². The van der Waals surface area contributed by atoms with E-state index in [2.05, 4.69) is 22.0 Å². The fourth-order valence-corrected chi connectivity index (χ4v) is 3.03. The van der Waals surface area contributed by atoms with Gasteiger partial charge in [-0.2, -0.15) is 0 Å². The van der Waals surface area contributed by atoms with Gasteiger partial charge in [-0.15, -0.1) is 0 Å². The van der Waals surface area contributed by atoms with Crippen LogP contribution in [0.25, 0.3) is 0 Å². The van der Waals surface area contributed by atoms with Crippen molar-refractivity contribution in [2.75, 3.05) is 13.7 Å². The monoisotopic (exact) mass is 325 g/mol. The molecule has 0 spiro atoms. The molecular formula is C15H20BrNO2. The molecule has 4 heteroatoms. The van der Waals surface area contributed by atoms with Crippen molar-refractivity contribution >= 4 is 21.8 Å². The van der Waals surface area contributed by atoms with Crippen LogP contribution in [0, 0.1) is 5.92 Å². The summed E-state index contributed by atoms with van der Waals surface area (Å²) in [5, 5.41) is 0. The molecule has 1 fully saturated rings. The van der Waals surface area contributed by atoms with E-state index in [9.17, 15) is 4.79 Å². The maximum Gasteiger partial charge on any atom is 0.225 e. The molecule has 19 heavy (non-hydrogen) atoms. The summed E-state index contributed by atoms with van der Waals surface area (Å²) in [6.07, 6.45) is 2.06. The highest BCUT2D eigenvalue weighted by atomic mass is 79.9. The summed E-state index contributed by atoms with van der Waals surface area (Å²) in [6.45, 7) is 4.75. The quantitative estimate of drug-likeness (QED) is 0.846. The van der Waals surface area contributed by atoms with Gasteiger partial charge in [0.15, 0.2) is 0 Å². The molecule has 3 nitrogen and oxygen atoms in total. The SMILES string of the molecule is COc1ccc(Br)cc1[C@@H]1CCCN1C(=O)C(C)C. The van der Waals surface area contributed by atoms with E-state index in [1.807, 2.05) is 30.9 Å². The Labute approximate surface area is 123 Å². The van der Waals surface area contributed by atoms with Crippen LogP contribution in [0.4, 0.5) is 0 Å². The average Bonchev–Trinajstić information content (AvgIpc) is 2.86. The minimum Gasteiger partial charge on any atom is -0.496 e. The van der Waals surface area contributed by atoms with E-state index in [1.165, 1.54) is 0 Å². The van der Waals surface area contributed by atoms with Gasteiger partial charge >= 0.3 is 0 Å². The molecule has 1 aliphatic rings. The van der Waals surface area contributed by atoms with Crippen molar-refractivity contribution in [3.63, 3.8) is 0 Å². The van der Waals surface area contributed by atoms with Gasteiger partial charge in [-0.25, -0.2) is 0 Å². The lowest BCUT2D eigenvalue weighted by molar-refractivity contribution is -0.135. The van der Waals surface area contributed by atoms with Crippen molar-refractivity contribution in [1.29, 1.82) is 0 Å². The first kappa shape index (κ1) is 14.4. The van der Waals surface area contributed by atoms with Crippen LogP contribution in [-0.4, -0.2) is 24.5 Å². The first-order valence-corrected chi connectivity index (χ1v) is 7.47. The second-order valence-corrected chi connectivity index (χ2v) is 6.15. The van der Waals surface area contributed by atoms with E-state index in [-0.39, 0.29) is 17.9 Å². The van der Waals surface area contributed by atoms with Gasteiger partial charge in [0.25, 0.3) is 0 Å². The third kappa shape index (κ3) is 2.94. The van der Waals surface area contributed by atoms with Crippen LogP contribution in [0.3, 0.4) is 0 Å². The number of rotatable bonds is 3. The van der Waals surface area contributed by atoms with Crippen molar-refractivity contribution in [2.24, 2.45) is 5.92 Å². The minimum atomic E-state index is 0.0405. The van der Waals surface area contributed by atoms with Gasteiger partial charge in [0.2, 0.25) is 5.91 Å². The molecule has 1 atom stereocenters. The van der Waals surface area contributed by atoms with Crippen LogP contribution >= 0.6 is 15.9 Å². The lowest BCUT2D eigenvalue weighted by atomic mass is 10.0. The number of carbonyl (C=O) groups excluding carboxylic acids is 1. The number of nitrogens with zero attached hydrogens (tertiary/aromatic N) is 1. The molecule has 0 N–H and O–H groups in total. The average molecular weight is 326 g/mol. The van der Waals surface area contributed by atoms with Crippen molar-refractivity contribution < 1.29 is 9.53 Å². The van der Waals surface area contributed by atoms with Gasteiger partial charge in [0, 0.05) is 22.5 Å². The molecule has 1 aromatic carbocycles. The molecule has 104 valence electrons. The van der Waals surface area contributed by atoms with Gasteiger partial charge in [-0.1, -0.05) is 29.8 Å². The van der Waals surface area contributed by atoms with Gasteiger partial charge in [-0.3, -0.25) is 4.79 Å². The summed E-state index contributed by atoms with van der Waals surface area (Å²) >= 11 is 3.50. The van der Waals surface area contributed by atoms with Gasteiger partial charge < -0.3 is 9.64 Å². The summed E-state index contributed by atoms with van der Waals surface area (Å²) in [5.41, 5.74) is 1.10. The Balaban J connectivity index is 2.34. The molecule has 0 aromatic heterocycles. The van der Waals surface area contributed by atoms with Crippen molar-refractivity contribution in [3.05, 3.63) is 28.2 Å². The van der Waals surface area contributed by atoms with Crippen LogP contribution in [0.15, 0.2) is 22.7 Å². The standard InChI is InChI=1S/C15H20BrNO2/c1-10(2)15(18)17-8-4-5-13(17)12-9-11(16)6-7-14(12)19-3/h6-7,9-10,13H,4-5,8H2,1-3H3/t13-/m0/s1. The summed E-state index contributed by atoms with van der Waals surface area (Å²) < 4.78 is 6.46. The third-order valence-electron chi connectivity index (χ3n) is 3.58. The Morgan fingerprint density at radius 3 is 2.84 bits per heavy atom. The number of halogens is 1. The number of hydrogen-bond donors (Lipinski definition) is 0. The van der Waals surface area contributed by atoms with Crippen LogP contribution < -0.4 is 4.74 Å². The number of benzene rings is 1. The molecule has 1 aromatic rings. The van der Waals surface area contributed by atoms with Crippen LogP contribution in [0.5, 0.6) is 5.75 Å². The number of amides is 1. The molecular weight excluding hydrogens is 306 g/mol. The summed E-state index contributed by atoms with van der Waals surface area (Å²) in [4.78, 5) is 14.3. The fraction of sp³-hybridized carbons (Fsp3) is 0.533. The highest BCUT2D eigenvalue weighted by Crippen LogP contribution is 2.38. The smallest absolute Gasteiger partial charge is 0.225 e. The second-order valence-electron chi connectivity index (χ2n) is 5.23. The van der Waals surface area contributed by atoms with Crippen molar-refractivity contribution in [2.45, 2.75) is 32.7 Å². The van der Waals surface area contributed by atoms with E-state index < -0.39 is 0 Å². The zero-order valence-corrected chi connectivity index (χ0v) is 13.2. The van der Waals surface area contributed by atoms with E-state index >= 15 is 0 Å². The molecule has 2 rings (SSSR count). The lowest BCUT2D eigenvalue weighted by Gasteiger charge is -2.28. The molecule has 1 heterocycles. The second kappa shape index (κ2) is 5.95. The summed E-state index contributed by atoms with van der Waals surface area (Å²) in [6, 6.07) is 6.12. The van der Waals surface area contributed by atoms with Crippen LogP contribution in [-0.2, 0) is 4.79 Å². The Kier molecular flexibility index (Phi) is 4.50. The molecule has 0 bridgehead atoms. The number of hydrogen-bond acceptors (Lipinski definition) is 2. The van der Waals surface area contributed by atoms with Gasteiger partial charge in [0.1, 0.15) is 5.75 Å². The maximum atomic E-state index is 12.3. The zero-order chi connectivity index (χ0) is 14.0. The van der Waals surface area contributed by atoms with E-state index in [1.54, 1.807) is 7.11 Å². The van der Waals surface area contributed by atoms with Crippen molar-refractivity contribution in [3.8, 4) is 5.75 Å². The topological polar surface area (TPSA) is 29.5 Å². The van der Waals surface area contributed by atoms with E-state index in [4.69, 9.17) is 4.74 Å². The Morgan fingerprint density at radius 1 is 1.47 bits per heavy atom. The molecule has 0 saturated carbocycles. The molecule has 0 unspecified atom stereocenters. The Morgan fingerprint density at radius 2 is 2.21 bits per heavy atom. The highest BCUT2D eigenvalue weighted by molar-refractivity contribution is 9.10. The zero-order valence-electron chi connectivity index (χ0n) is 11.6. The predicted molar refractivity (Wildman–Crippen MR) is 79.2 cm³/mol. The number of methoxy groups -OCH3 is 1.